The Bertz CT molecular complexity index is 843. The van der Waals surface area contributed by atoms with Crippen molar-refractivity contribution < 1.29 is 10.2 Å². The lowest BCUT2D eigenvalue weighted by molar-refractivity contribution is -0.0854. The van der Waals surface area contributed by atoms with E-state index in [4.69, 9.17) is 0 Å². The number of fused-ring (bicyclic) bond motifs is 5. The summed E-state index contributed by atoms with van der Waals surface area (Å²) in [6.07, 6.45) is 14.3. The molecule has 2 heteroatoms. The van der Waals surface area contributed by atoms with Crippen LogP contribution >= 0.6 is 0 Å². The SMILES string of the molecule is CC(C)=CC[C@H](O)[C@@H](C)[C@H]1CC[C@@]2(C)C3=CC[C@H]4C(C)(C)[C@@H](O)CC[C@]4(C)C3=CC[C@]12C. The number of allylic oxidation sites excluding steroid dienone is 5. The molecule has 2 nitrogen and oxygen atoms in total. The summed E-state index contributed by atoms with van der Waals surface area (Å²) in [5.41, 5.74) is 5.02. The van der Waals surface area contributed by atoms with Gasteiger partial charge in [0.15, 0.2) is 0 Å². The van der Waals surface area contributed by atoms with Crippen LogP contribution in [0.25, 0.3) is 0 Å². The Morgan fingerprint density at radius 3 is 2.41 bits per heavy atom. The molecular formula is C30H48O2. The summed E-state index contributed by atoms with van der Waals surface area (Å²) in [6, 6.07) is 0. The van der Waals surface area contributed by atoms with Gasteiger partial charge in [0.2, 0.25) is 0 Å². The van der Waals surface area contributed by atoms with Crippen molar-refractivity contribution in [1.82, 2.24) is 0 Å². The zero-order valence-corrected chi connectivity index (χ0v) is 22.0. The molecule has 0 aromatic heterocycles. The molecule has 0 saturated heterocycles. The number of hydrogen-bond donors (Lipinski definition) is 2. The largest absolute Gasteiger partial charge is 0.393 e. The highest BCUT2D eigenvalue weighted by molar-refractivity contribution is 5.49. The summed E-state index contributed by atoms with van der Waals surface area (Å²) in [5.74, 6) is 1.36. The predicted molar refractivity (Wildman–Crippen MR) is 134 cm³/mol. The van der Waals surface area contributed by atoms with Crippen LogP contribution in [0.2, 0.25) is 0 Å². The summed E-state index contributed by atoms with van der Waals surface area (Å²) in [4.78, 5) is 0. The number of rotatable bonds is 4. The van der Waals surface area contributed by atoms with Crippen molar-refractivity contribution >= 4 is 0 Å². The minimum atomic E-state index is -0.262. The van der Waals surface area contributed by atoms with E-state index in [2.05, 4.69) is 73.6 Å². The summed E-state index contributed by atoms with van der Waals surface area (Å²) in [7, 11) is 0. The van der Waals surface area contributed by atoms with E-state index in [9.17, 15) is 10.2 Å². The van der Waals surface area contributed by atoms with Gasteiger partial charge < -0.3 is 10.2 Å². The van der Waals surface area contributed by atoms with Crippen LogP contribution in [0, 0.1) is 39.4 Å². The molecule has 0 spiro atoms. The van der Waals surface area contributed by atoms with Crippen molar-refractivity contribution in [3.63, 3.8) is 0 Å². The van der Waals surface area contributed by atoms with Crippen LogP contribution in [0.15, 0.2) is 34.9 Å². The van der Waals surface area contributed by atoms with Crippen molar-refractivity contribution in [3.05, 3.63) is 34.9 Å². The fourth-order valence-electron chi connectivity index (χ4n) is 8.71. The first-order valence-corrected chi connectivity index (χ1v) is 13.2. The first kappa shape index (κ1) is 24.3. The van der Waals surface area contributed by atoms with Gasteiger partial charge in [0.05, 0.1) is 12.2 Å². The number of aliphatic hydroxyl groups excluding tert-OH is 2. The van der Waals surface area contributed by atoms with E-state index in [1.807, 2.05) is 0 Å². The lowest BCUT2D eigenvalue weighted by Gasteiger charge is -2.61. The second-order valence-corrected chi connectivity index (χ2v) is 13.4. The molecule has 32 heavy (non-hydrogen) atoms. The fraction of sp³-hybridized carbons (Fsp3) is 0.800. The zero-order chi connectivity index (χ0) is 23.7. The standard InChI is InChI=1S/C30H48O2/c1-19(2)9-11-24(31)20(3)21-13-17-30(8)23-10-12-25-27(4,5)26(32)15-16-28(25,6)22(23)14-18-29(21,30)7/h9-10,14,20-21,24-26,31-32H,11-13,15-18H2,1-8H3/t20-,21+,24-,25-,26-,28+,29+,30-/m0/s1. The van der Waals surface area contributed by atoms with Crippen LogP contribution in [0.4, 0.5) is 0 Å². The third-order valence-electron chi connectivity index (χ3n) is 11.3. The molecule has 8 atom stereocenters. The van der Waals surface area contributed by atoms with Crippen LogP contribution in [0.3, 0.4) is 0 Å². The quantitative estimate of drug-likeness (QED) is 0.453. The second kappa shape index (κ2) is 7.84. The van der Waals surface area contributed by atoms with Crippen LogP contribution in [0.1, 0.15) is 100 Å². The van der Waals surface area contributed by atoms with Gasteiger partial charge >= 0.3 is 0 Å². The van der Waals surface area contributed by atoms with Gasteiger partial charge in [-0.3, -0.25) is 0 Å². The van der Waals surface area contributed by atoms with Crippen molar-refractivity contribution in [2.45, 2.75) is 113 Å². The van der Waals surface area contributed by atoms with E-state index in [-0.39, 0.29) is 33.9 Å². The summed E-state index contributed by atoms with van der Waals surface area (Å²) >= 11 is 0. The molecule has 0 bridgehead atoms. The lowest BCUT2D eigenvalue weighted by atomic mass is 9.44. The maximum Gasteiger partial charge on any atom is 0.0603 e. The third-order valence-corrected chi connectivity index (χ3v) is 11.3. The van der Waals surface area contributed by atoms with Gasteiger partial charge in [0.25, 0.3) is 0 Å². The molecule has 0 heterocycles. The maximum absolute atomic E-state index is 11.0. The van der Waals surface area contributed by atoms with Crippen LogP contribution < -0.4 is 0 Å². The highest BCUT2D eigenvalue weighted by Gasteiger charge is 2.63. The highest BCUT2D eigenvalue weighted by Crippen LogP contribution is 2.71. The van der Waals surface area contributed by atoms with Crippen molar-refractivity contribution in [2.24, 2.45) is 39.4 Å². The molecule has 4 aliphatic carbocycles. The molecule has 0 amide bonds. The molecule has 2 fully saturated rings. The van der Waals surface area contributed by atoms with Gasteiger partial charge in [-0.1, -0.05) is 65.3 Å². The smallest absolute Gasteiger partial charge is 0.0603 e. The molecule has 0 aliphatic heterocycles. The summed E-state index contributed by atoms with van der Waals surface area (Å²) in [5, 5.41) is 21.8. The first-order chi connectivity index (χ1) is 14.8. The van der Waals surface area contributed by atoms with E-state index in [1.54, 1.807) is 11.1 Å². The van der Waals surface area contributed by atoms with Gasteiger partial charge in [-0.2, -0.15) is 0 Å². The molecular weight excluding hydrogens is 392 g/mol. The summed E-state index contributed by atoms with van der Waals surface area (Å²) in [6.45, 7) is 18.7. The van der Waals surface area contributed by atoms with E-state index in [0.717, 1.165) is 32.1 Å². The highest BCUT2D eigenvalue weighted by atomic mass is 16.3. The van der Waals surface area contributed by atoms with E-state index < -0.39 is 0 Å². The van der Waals surface area contributed by atoms with Gasteiger partial charge in [-0.15, -0.1) is 0 Å². The van der Waals surface area contributed by atoms with Crippen LogP contribution in [0.5, 0.6) is 0 Å². The minimum Gasteiger partial charge on any atom is -0.393 e. The normalized spacial score (nSPS) is 44.4. The molecule has 0 aromatic rings. The van der Waals surface area contributed by atoms with Gasteiger partial charge in [-0.05, 0) is 109 Å². The van der Waals surface area contributed by atoms with Crippen molar-refractivity contribution in [3.8, 4) is 0 Å². The Labute approximate surface area is 197 Å². The van der Waals surface area contributed by atoms with Crippen molar-refractivity contribution in [2.75, 3.05) is 0 Å². The molecule has 180 valence electrons. The van der Waals surface area contributed by atoms with Crippen LogP contribution in [-0.4, -0.2) is 22.4 Å². The Morgan fingerprint density at radius 1 is 1.06 bits per heavy atom. The topological polar surface area (TPSA) is 40.5 Å². The summed E-state index contributed by atoms with van der Waals surface area (Å²) < 4.78 is 0. The minimum absolute atomic E-state index is 0.0424. The lowest BCUT2D eigenvalue weighted by Crippen LogP contribution is -2.54. The van der Waals surface area contributed by atoms with E-state index >= 15 is 0 Å². The van der Waals surface area contributed by atoms with Crippen LogP contribution in [-0.2, 0) is 0 Å². The molecule has 0 radical (unpaired) electrons. The van der Waals surface area contributed by atoms with Gasteiger partial charge in [0.1, 0.15) is 0 Å². The van der Waals surface area contributed by atoms with Gasteiger partial charge in [0, 0.05) is 0 Å². The second-order valence-electron chi connectivity index (χ2n) is 13.4. The molecule has 0 aromatic carbocycles. The number of aliphatic hydroxyl groups is 2. The van der Waals surface area contributed by atoms with E-state index in [0.29, 0.717) is 17.8 Å². The van der Waals surface area contributed by atoms with E-state index in [1.165, 1.54) is 18.4 Å². The third kappa shape index (κ3) is 3.26. The predicted octanol–water partition coefficient (Wildman–Crippen LogP) is 7.23. The Hall–Kier alpha value is -0.860. The average molecular weight is 441 g/mol. The fourth-order valence-corrected chi connectivity index (χ4v) is 8.71. The Kier molecular flexibility index (Phi) is 5.95. The Balaban J connectivity index is 1.68. The van der Waals surface area contributed by atoms with Crippen molar-refractivity contribution in [1.29, 1.82) is 0 Å². The molecule has 0 unspecified atom stereocenters. The monoisotopic (exact) mass is 440 g/mol. The maximum atomic E-state index is 11.0. The average Bonchev–Trinajstić information content (AvgIpc) is 3.00. The number of hydrogen-bond acceptors (Lipinski definition) is 2. The van der Waals surface area contributed by atoms with Gasteiger partial charge in [-0.25, -0.2) is 0 Å². The molecule has 4 aliphatic rings. The Morgan fingerprint density at radius 2 is 1.75 bits per heavy atom. The molecule has 2 N–H and O–H groups in total. The first-order valence-electron chi connectivity index (χ1n) is 13.2. The molecule has 2 saturated carbocycles. The molecule has 4 rings (SSSR count). The zero-order valence-electron chi connectivity index (χ0n) is 22.0.